The van der Waals surface area contributed by atoms with Crippen molar-refractivity contribution < 1.29 is 35.2 Å². The van der Waals surface area contributed by atoms with Gasteiger partial charge in [-0.2, -0.15) is 0 Å². The van der Waals surface area contributed by atoms with E-state index < -0.39 is 33.4 Å². The molecule has 5 aromatic rings. The van der Waals surface area contributed by atoms with E-state index >= 15 is 0 Å². The summed E-state index contributed by atoms with van der Waals surface area (Å²) in [7, 11) is -11.6. The maximum atomic E-state index is 13.7. The number of sulfonamides is 1. The van der Waals surface area contributed by atoms with Crippen molar-refractivity contribution in [3.63, 3.8) is 0 Å². The monoisotopic (exact) mass is 1040 g/mol. The van der Waals surface area contributed by atoms with Gasteiger partial charge < -0.3 is 24.2 Å². The molecule has 370 valence electrons. The number of piperazine rings is 2. The lowest BCUT2D eigenvalue weighted by Gasteiger charge is -2.36. The van der Waals surface area contributed by atoms with Crippen LogP contribution in [0.1, 0.15) is 36.2 Å². The van der Waals surface area contributed by atoms with Gasteiger partial charge in [-0.1, -0.05) is 66.2 Å². The summed E-state index contributed by atoms with van der Waals surface area (Å²) < 4.78 is 80.3. The zero-order chi connectivity index (χ0) is 49.0. The van der Waals surface area contributed by atoms with Crippen LogP contribution in [0.4, 0.5) is 11.4 Å². The van der Waals surface area contributed by atoms with E-state index in [1.807, 2.05) is 72.8 Å². The molecule has 2 heterocycles. The molecule has 0 saturated carbocycles. The predicted octanol–water partition coefficient (Wildman–Crippen LogP) is 8.66. The quantitative estimate of drug-likeness (QED) is 0.0501. The Balaban J connectivity index is 0.962. The third kappa shape index (κ3) is 14.9. The molecule has 19 heteroatoms. The van der Waals surface area contributed by atoms with Crippen LogP contribution >= 0.6 is 31.0 Å². The summed E-state index contributed by atoms with van der Waals surface area (Å²) in [5.74, 6) is -0.226. The maximum Gasteiger partial charge on any atom is 0.344 e. The highest BCUT2D eigenvalue weighted by molar-refractivity contribution is 7.99. The van der Waals surface area contributed by atoms with Gasteiger partial charge in [-0.15, -0.1) is 11.8 Å². The van der Waals surface area contributed by atoms with E-state index in [-0.39, 0.29) is 33.4 Å². The number of hydrogen-bond donors (Lipinski definition) is 2. The van der Waals surface area contributed by atoms with Crippen molar-refractivity contribution in [2.45, 2.75) is 47.5 Å². The van der Waals surface area contributed by atoms with Crippen molar-refractivity contribution >= 4 is 68.1 Å². The van der Waals surface area contributed by atoms with Gasteiger partial charge in [0.05, 0.1) is 28.7 Å². The molecule has 2 aliphatic rings. The first-order valence-corrected chi connectivity index (χ1v) is 29.7. The van der Waals surface area contributed by atoms with Crippen LogP contribution in [0.3, 0.4) is 0 Å². The molecule has 2 fully saturated rings. The normalized spacial score (nSPS) is 16.0. The fourth-order valence-electron chi connectivity index (χ4n) is 8.51. The number of hydrogen-bond acceptors (Lipinski definition) is 14. The van der Waals surface area contributed by atoms with Gasteiger partial charge in [-0.05, 0) is 104 Å². The second-order valence-corrected chi connectivity index (χ2v) is 24.4. The van der Waals surface area contributed by atoms with Gasteiger partial charge in [0.25, 0.3) is 15.9 Å². The summed E-state index contributed by atoms with van der Waals surface area (Å²) in [5, 5.41) is 4.13. The standard InChI is InChI=1S/C50H62ClN6O8PS3/c1-4-64-66(59,65-5-2)38-56-29-27-54(28-30-56)26-25-43(37-67-45-12-7-6-8-13-45)52-48-24-23-46(35-49(48)68(3,60)61)69(62,63)53-50(58)40-17-21-44(22-18-40)57-33-31-55(32-34-57)36-41-11-9-10-14-47(41)39-15-19-42(51)20-16-39/h6-24,35,43,52H,4-5,25-34,36-38H2,1-3H3,(H,53,58)/t43-/m1/s1. The zero-order valence-corrected chi connectivity index (χ0v) is 43.4. The number of anilines is 2. The van der Waals surface area contributed by atoms with E-state index in [1.54, 1.807) is 37.7 Å². The molecule has 0 radical (unpaired) electrons. The number of nitrogens with zero attached hydrogens (tertiary/aromatic N) is 4. The number of halogens is 1. The van der Waals surface area contributed by atoms with Gasteiger partial charge in [0.1, 0.15) is 6.29 Å². The fraction of sp³-hybridized carbons (Fsp3) is 0.380. The van der Waals surface area contributed by atoms with Crippen LogP contribution < -0.4 is 14.9 Å². The second kappa shape index (κ2) is 24.2. The third-order valence-electron chi connectivity index (χ3n) is 12.2. The Bertz CT molecular complexity index is 2750. The van der Waals surface area contributed by atoms with Gasteiger partial charge in [-0.3, -0.25) is 19.2 Å². The average Bonchev–Trinajstić information content (AvgIpc) is 3.33. The number of nitrogens with one attached hydrogen (secondary N) is 2. The topological polar surface area (TPSA) is 158 Å². The number of benzene rings is 5. The van der Waals surface area contributed by atoms with Crippen LogP contribution in [-0.2, 0) is 40.0 Å². The zero-order valence-electron chi connectivity index (χ0n) is 39.3. The minimum atomic E-state index is -4.48. The summed E-state index contributed by atoms with van der Waals surface area (Å²) in [4.78, 5) is 23.0. The largest absolute Gasteiger partial charge is 0.380 e. The van der Waals surface area contributed by atoms with Crippen molar-refractivity contribution in [1.29, 1.82) is 0 Å². The summed E-state index contributed by atoms with van der Waals surface area (Å²) in [5.41, 5.74) is 4.88. The minimum absolute atomic E-state index is 0.151. The first-order chi connectivity index (χ1) is 33.1. The molecule has 7 rings (SSSR count). The van der Waals surface area contributed by atoms with Crippen molar-refractivity contribution in [1.82, 2.24) is 19.4 Å². The van der Waals surface area contributed by atoms with Gasteiger partial charge in [-0.25, -0.2) is 21.6 Å². The summed E-state index contributed by atoms with van der Waals surface area (Å²) in [6, 6.07) is 36.7. The molecule has 2 aliphatic heterocycles. The van der Waals surface area contributed by atoms with E-state index in [0.717, 1.165) is 74.3 Å². The number of amides is 1. The Morgan fingerprint density at radius 1 is 0.754 bits per heavy atom. The van der Waals surface area contributed by atoms with Crippen LogP contribution in [0.2, 0.25) is 5.02 Å². The molecule has 2 saturated heterocycles. The third-order valence-corrected chi connectivity index (χ3v) is 18.1. The van der Waals surface area contributed by atoms with Gasteiger partial charge in [0.15, 0.2) is 9.84 Å². The number of carbonyl (C=O) groups excluding carboxylic acids is 1. The fourth-order valence-corrected chi connectivity index (χ4v) is 13.4. The number of sulfone groups is 1. The van der Waals surface area contributed by atoms with Crippen LogP contribution in [0.25, 0.3) is 11.1 Å². The van der Waals surface area contributed by atoms with Crippen LogP contribution in [0, 0.1) is 0 Å². The molecule has 0 aromatic heterocycles. The molecular formula is C50H62ClN6O8PS3. The average molecular weight is 1040 g/mol. The van der Waals surface area contributed by atoms with Crippen molar-refractivity contribution in [2.24, 2.45) is 0 Å². The lowest BCUT2D eigenvalue weighted by molar-refractivity contribution is 0.0981. The first kappa shape index (κ1) is 52.6. The summed E-state index contributed by atoms with van der Waals surface area (Å²) in [6.07, 6.45) is 1.93. The van der Waals surface area contributed by atoms with E-state index in [4.69, 9.17) is 20.6 Å². The van der Waals surface area contributed by atoms with Crippen LogP contribution in [-0.4, -0.2) is 134 Å². The Kier molecular flexibility index (Phi) is 18.5. The van der Waals surface area contributed by atoms with E-state index in [9.17, 15) is 26.2 Å². The highest BCUT2D eigenvalue weighted by Crippen LogP contribution is 2.48. The van der Waals surface area contributed by atoms with Crippen LogP contribution in [0.5, 0.6) is 0 Å². The van der Waals surface area contributed by atoms with Gasteiger partial charge in [0, 0.05) is 105 Å². The molecule has 5 aromatic carbocycles. The van der Waals surface area contributed by atoms with Gasteiger partial charge in [0.2, 0.25) is 0 Å². The van der Waals surface area contributed by atoms with E-state index in [0.29, 0.717) is 50.0 Å². The van der Waals surface area contributed by atoms with E-state index in [2.05, 4.69) is 47.8 Å². The molecule has 2 N–H and O–H groups in total. The Hall–Kier alpha value is -4.26. The maximum absolute atomic E-state index is 13.7. The molecule has 0 bridgehead atoms. The smallest absolute Gasteiger partial charge is 0.344 e. The SMILES string of the molecule is CCOP(=O)(CN1CCN(CC[C@H](CSc2ccccc2)Nc2ccc(S(=O)(=O)NC(=O)c3ccc(N4CCN(Cc5ccccc5-c5ccc(Cl)cc5)CC4)cc3)cc2S(C)(=O)=O)CC1)OCC. The lowest BCUT2D eigenvalue weighted by atomic mass is 9.99. The molecule has 69 heavy (non-hydrogen) atoms. The van der Waals surface area contributed by atoms with Crippen molar-refractivity contribution in [2.75, 3.05) is 101 Å². The number of thioether (sulfide) groups is 1. The van der Waals surface area contributed by atoms with Crippen molar-refractivity contribution in [3.8, 4) is 11.1 Å². The molecule has 0 spiro atoms. The first-order valence-electron chi connectivity index (χ1n) is 23.2. The molecule has 1 amide bonds. The lowest BCUT2D eigenvalue weighted by Crippen LogP contribution is -2.47. The summed E-state index contributed by atoms with van der Waals surface area (Å²) in [6.45, 7) is 11.8. The molecule has 14 nitrogen and oxygen atoms in total. The van der Waals surface area contributed by atoms with Crippen molar-refractivity contribution in [3.05, 3.63) is 137 Å². The Morgan fingerprint density at radius 3 is 2.03 bits per heavy atom. The molecule has 0 aliphatic carbocycles. The number of carbonyl (C=O) groups is 1. The highest BCUT2D eigenvalue weighted by Gasteiger charge is 2.30. The van der Waals surface area contributed by atoms with E-state index in [1.165, 1.54) is 23.3 Å². The second-order valence-electron chi connectivity index (χ2n) is 17.1. The Labute approximate surface area is 417 Å². The van der Waals surface area contributed by atoms with Crippen LogP contribution in [0.15, 0.2) is 136 Å². The predicted molar refractivity (Wildman–Crippen MR) is 278 cm³/mol. The Morgan fingerprint density at radius 2 is 1.38 bits per heavy atom. The molecular weight excluding hydrogens is 975 g/mol. The molecule has 0 unspecified atom stereocenters. The molecule has 1 atom stereocenters. The summed E-state index contributed by atoms with van der Waals surface area (Å²) >= 11 is 7.78. The minimum Gasteiger partial charge on any atom is -0.380 e. The number of rotatable bonds is 22. The highest BCUT2D eigenvalue weighted by atomic mass is 35.5. The van der Waals surface area contributed by atoms with Gasteiger partial charge >= 0.3 is 7.60 Å².